The second kappa shape index (κ2) is 6.67. The molecule has 2 aromatic heterocycles. The number of aliphatic hydroxyl groups is 1. The Balaban J connectivity index is 1.83. The molecule has 1 amide bonds. The van der Waals surface area contributed by atoms with Crippen LogP contribution in [-0.4, -0.2) is 49.4 Å². The van der Waals surface area contributed by atoms with Crippen molar-refractivity contribution >= 4 is 11.7 Å². The van der Waals surface area contributed by atoms with E-state index >= 15 is 0 Å². The second-order valence-electron chi connectivity index (χ2n) is 8.68. The predicted octanol–water partition coefficient (Wildman–Crippen LogP) is 2.36. The number of rotatable bonds is 2. The number of piperidine rings is 1. The SMILES string of the molecule is CC(C)(C)OC(=O)N1CCC(c2cc(=O)[nH]c3c(C(C)(C)O)cnn23)CC1. The van der Waals surface area contributed by atoms with E-state index in [4.69, 9.17) is 4.74 Å². The summed E-state index contributed by atoms with van der Waals surface area (Å²) in [7, 11) is 0. The van der Waals surface area contributed by atoms with Gasteiger partial charge in [-0.1, -0.05) is 0 Å². The van der Waals surface area contributed by atoms with Crippen LogP contribution < -0.4 is 5.56 Å². The number of nitrogens with zero attached hydrogens (tertiary/aromatic N) is 3. The minimum atomic E-state index is -1.11. The van der Waals surface area contributed by atoms with E-state index in [9.17, 15) is 14.7 Å². The van der Waals surface area contributed by atoms with Crippen LogP contribution in [0.25, 0.3) is 5.65 Å². The highest BCUT2D eigenvalue weighted by molar-refractivity contribution is 5.68. The molecule has 0 radical (unpaired) electrons. The number of H-pyrrole nitrogens is 1. The van der Waals surface area contributed by atoms with E-state index in [0.717, 1.165) is 18.5 Å². The summed E-state index contributed by atoms with van der Waals surface area (Å²) in [4.78, 5) is 28.9. The summed E-state index contributed by atoms with van der Waals surface area (Å²) in [5, 5.41) is 14.7. The van der Waals surface area contributed by atoms with E-state index in [-0.39, 0.29) is 17.6 Å². The highest BCUT2D eigenvalue weighted by atomic mass is 16.6. The van der Waals surface area contributed by atoms with Crippen molar-refractivity contribution < 1.29 is 14.6 Å². The number of nitrogens with one attached hydrogen (secondary N) is 1. The molecule has 148 valence electrons. The van der Waals surface area contributed by atoms with Crippen LogP contribution in [0.3, 0.4) is 0 Å². The lowest BCUT2D eigenvalue weighted by molar-refractivity contribution is 0.0203. The molecule has 0 unspecified atom stereocenters. The molecule has 3 heterocycles. The minimum Gasteiger partial charge on any atom is -0.444 e. The van der Waals surface area contributed by atoms with Gasteiger partial charge in [0, 0.05) is 30.6 Å². The van der Waals surface area contributed by atoms with Gasteiger partial charge in [-0.25, -0.2) is 9.31 Å². The zero-order chi connectivity index (χ0) is 20.0. The number of amides is 1. The molecular weight excluding hydrogens is 348 g/mol. The number of aromatic nitrogens is 3. The van der Waals surface area contributed by atoms with Gasteiger partial charge in [-0.05, 0) is 47.5 Å². The molecule has 0 spiro atoms. The number of carbonyl (C=O) groups excluding carboxylic acids is 1. The Hall–Kier alpha value is -2.35. The Labute approximate surface area is 158 Å². The predicted molar refractivity (Wildman–Crippen MR) is 101 cm³/mol. The van der Waals surface area contributed by atoms with Crippen LogP contribution in [0.4, 0.5) is 4.79 Å². The molecule has 8 heteroatoms. The third-order valence-electron chi connectivity index (χ3n) is 4.76. The van der Waals surface area contributed by atoms with Gasteiger partial charge in [0.05, 0.1) is 17.5 Å². The average molecular weight is 376 g/mol. The summed E-state index contributed by atoms with van der Waals surface area (Å²) in [6.07, 6.45) is 2.72. The first-order valence-corrected chi connectivity index (χ1v) is 9.27. The summed E-state index contributed by atoms with van der Waals surface area (Å²) >= 11 is 0. The highest BCUT2D eigenvalue weighted by Gasteiger charge is 2.30. The molecule has 1 saturated heterocycles. The van der Waals surface area contributed by atoms with Crippen molar-refractivity contribution in [3.05, 3.63) is 33.9 Å². The van der Waals surface area contributed by atoms with Crippen LogP contribution in [-0.2, 0) is 10.3 Å². The Morgan fingerprint density at radius 2 is 1.89 bits per heavy atom. The van der Waals surface area contributed by atoms with Gasteiger partial charge < -0.3 is 19.7 Å². The highest BCUT2D eigenvalue weighted by Crippen LogP contribution is 2.30. The smallest absolute Gasteiger partial charge is 0.410 e. The lowest BCUT2D eigenvalue weighted by atomic mass is 9.93. The van der Waals surface area contributed by atoms with Gasteiger partial charge in [0.15, 0.2) is 0 Å². The molecule has 1 aliphatic rings. The topological polar surface area (TPSA) is 99.9 Å². The molecule has 0 saturated carbocycles. The Morgan fingerprint density at radius 1 is 1.26 bits per heavy atom. The number of aromatic amines is 1. The molecule has 0 aliphatic carbocycles. The molecular formula is C19H28N4O4. The quantitative estimate of drug-likeness (QED) is 0.838. The van der Waals surface area contributed by atoms with Crippen molar-refractivity contribution in [2.45, 2.75) is 64.6 Å². The van der Waals surface area contributed by atoms with Gasteiger partial charge in [0.25, 0.3) is 5.56 Å². The monoisotopic (exact) mass is 376 g/mol. The lowest BCUT2D eigenvalue weighted by Gasteiger charge is -2.33. The number of hydrogen-bond donors (Lipinski definition) is 2. The summed E-state index contributed by atoms with van der Waals surface area (Å²) in [6.45, 7) is 10.00. The van der Waals surface area contributed by atoms with Crippen molar-refractivity contribution in [1.82, 2.24) is 19.5 Å². The van der Waals surface area contributed by atoms with Crippen LogP contribution in [0.2, 0.25) is 0 Å². The van der Waals surface area contributed by atoms with Crippen LogP contribution in [0.1, 0.15) is 64.6 Å². The van der Waals surface area contributed by atoms with Crippen molar-refractivity contribution in [3.63, 3.8) is 0 Å². The van der Waals surface area contributed by atoms with E-state index in [1.54, 1.807) is 35.5 Å². The standard InChI is InChI=1S/C19H28N4O4/c1-18(2,3)27-17(25)22-8-6-12(7-9-22)14-10-15(24)21-16-13(19(4,5)26)11-20-23(14)16/h10-12,26H,6-9H2,1-5H3,(H,21,24). The average Bonchev–Trinajstić information content (AvgIpc) is 2.96. The van der Waals surface area contributed by atoms with E-state index in [1.165, 1.54) is 0 Å². The first-order chi connectivity index (χ1) is 12.5. The first kappa shape index (κ1) is 19.4. The Kier molecular flexibility index (Phi) is 4.80. The number of carbonyl (C=O) groups is 1. The van der Waals surface area contributed by atoms with Crippen molar-refractivity contribution in [1.29, 1.82) is 0 Å². The van der Waals surface area contributed by atoms with E-state index < -0.39 is 11.2 Å². The normalized spacial score (nSPS) is 16.7. The largest absolute Gasteiger partial charge is 0.444 e. The van der Waals surface area contributed by atoms with Crippen molar-refractivity contribution in [3.8, 4) is 0 Å². The molecule has 0 atom stereocenters. The summed E-state index contributed by atoms with van der Waals surface area (Å²) in [5.41, 5.74) is 0.0389. The van der Waals surface area contributed by atoms with Crippen LogP contribution >= 0.6 is 0 Å². The third-order valence-corrected chi connectivity index (χ3v) is 4.76. The molecule has 2 aromatic rings. The maximum absolute atomic E-state index is 12.2. The van der Waals surface area contributed by atoms with Crippen molar-refractivity contribution in [2.75, 3.05) is 13.1 Å². The lowest BCUT2D eigenvalue weighted by Crippen LogP contribution is -2.41. The van der Waals surface area contributed by atoms with Gasteiger partial charge in [-0.2, -0.15) is 5.10 Å². The van der Waals surface area contributed by atoms with Gasteiger partial charge in [0.1, 0.15) is 11.2 Å². The zero-order valence-corrected chi connectivity index (χ0v) is 16.6. The first-order valence-electron chi connectivity index (χ1n) is 9.27. The van der Waals surface area contributed by atoms with Gasteiger partial charge in [-0.15, -0.1) is 0 Å². The molecule has 8 nitrogen and oxygen atoms in total. The molecule has 0 bridgehead atoms. The van der Waals surface area contributed by atoms with Crippen molar-refractivity contribution in [2.24, 2.45) is 0 Å². The third kappa shape index (κ3) is 4.16. The Bertz CT molecular complexity index is 893. The fourth-order valence-corrected chi connectivity index (χ4v) is 3.44. The molecule has 1 aliphatic heterocycles. The van der Waals surface area contributed by atoms with E-state index in [2.05, 4.69) is 10.1 Å². The molecule has 27 heavy (non-hydrogen) atoms. The number of hydrogen-bond acceptors (Lipinski definition) is 5. The van der Waals surface area contributed by atoms with Gasteiger partial charge in [-0.3, -0.25) is 4.79 Å². The van der Waals surface area contributed by atoms with E-state index in [1.807, 2.05) is 20.8 Å². The fourth-order valence-electron chi connectivity index (χ4n) is 3.44. The number of fused-ring (bicyclic) bond motifs is 1. The number of ether oxygens (including phenoxy) is 1. The minimum absolute atomic E-state index is 0.100. The number of likely N-dealkylation sites (tertiary alicyclic amines) is 1. The maximum atomic E-state index is 12.2. The second-order valence-corrected chi connectivity index (χ2v) is 8.68. The van der Waals surface area contributed by atoms with Gasteiger partial charge in [0.2, 0.25) is 0 Å². The zero-order valence-electron chi connectivity index (χ0n) is 16.6. The maximum Gasteiger partial charge on any atom is 0.410 e. The summed E-state index contributed by atoms with van der Waals surface area (Å²) in [6, 6.07) is 1.56. The molecule has 1 fully saturated rings. The summed E-state index contributed by atoms with van der Waals surface area (Å²) in [5.74, 6) is 0.100. The van der Waals surface area contributed by atoms with Crippen LogP contribution in [0, 0.1) is 0 Å². The van der Waals surface area contributed by atoms with Crippen LogP contribution in [0.15, 0.2) is 17.1 Å². The van der Waals surface area contributed by atoms with Gasteiger partial charge >= 0.3 is 6.09 Å². The van der Waals surface area contributed by atoms with E-state index in [0.29, 0.717) is 24.3 Å². The molecule has 2 N–H and O–H groups in total. The molecule has 0 aromatic carbocycles. The summed E-state index contributed by atoms with van der Waals surface area (Å²) < 4.78 is 7.13. The molecule has 3 rings (SSSR count). The van der Waals surface area contributed by atoms with Crippen LogP contribution in [0.5, 0.6) is 0 Å². The Morgan fingerprint density at radius 3 is 2.44 bits per heavy atom. The fraction of sp³-hybridized carbons (Fsp3) is 0.632.